The van der Waals surface area contributed by atoms with E-state index in [1.165, 1.54) is 0 Å². The number of para-hydroxylation sites is 1. The van der Waals surface area contributed by atoms with Gasteiger partial charge in [-0.3, -0.25) is 0 Å². The van der Waals surface area contributed by atoms with Gasteiger partial charge in [-0.1, -0.05) is 25.1 Å². The topological polar surface area (TPSA) is 36.6 Å². The maximum Gasteiger partial charge on any atom is 0.135 e. The Balaban J connectivity index is 2.10. The molecule has 1 atom stereocenters. The third kappa shape index (κ3) is 2.87. The van der Waals surface area contributed by atoms with E-state index in [9.17, 15) is 5.11 Å². The molecule has 0 saturated carbocycles. The summed E-state index contributed by atoms with van der Waals surface area (Å²) in [4.78, 5) is 2.11. The van der Waals surface area contributed by atoms with E-state index >= 15 is 0 Å². The highest BCUT2D eigenvalue weighted by molar-refractivity contribution is 5.77. The first-order valence-electron chi connectivity index (χ1n) is 6.05. The minimum atomic E-state index is -0.557. The zero-order chi connectivity index (χ0) is 12.3. The summed E-state index contributed by atoms with van der Waals surface area (Å²) in [7, 11) is 2.01. The zero-order valence-corrected chi connectivity index (χ0v) is 10.4. The first-order valence-corrected chi connectivity index (χ1v) is 6.05. The molecule has 0 spiro atoms. The van der Waals surface area contributed by atoms with Gasteiger partial charge >= 0.3 is 0 Å². The molecule has 0 amide bonds. The van der Waals surface area contributed by atoms with Crippen LogP contribution >= 0.6 is 0 Å². The van der Waals surface area contributed by atoms with Crippen LogP contribution in [-0.4, -0.2) is 30.1 Å². The monoisotopic (exact) mass is 233 g/mol. The van der Waals surface area contributed by atoms with Gasteiger partial charge in [0.2, 0.25) is 0 Å². The van der Waals surface area contributed by atoms with E-state index in [0.29, 0.717) is 12.3 Å². The molecule has 0 radical (unpaired) electrons. The summed E-state index contributed by atoms with van der Waals surface area (Å²) < 4.78 is 5.63. The minimum absolute atomic E-state index is 0.557. The fraction of sp³-hybridized carbons (Fsp3) is 0.429. The van der Waals surface area contributed by atoms with Crippen molar-refractivity contribution in [3.8, 4) is 0 Å². The number of fused-ring (bicyclic) bond motifs is 1. The highest BCUT2D eigenvalue weighted by atomic mass is 16.4. The number of nitrogens with zero attached hydrogens (tertiary/aromatic N) is 1. The Morgan fingerprint density at radius 1 is 1.35 bits per heavy atom. The second kappa shape index (κ2) is 5.34. The highest BCUT2D eigenvalue weighted by Gasteiger charge is 2.14. The van der Waals surface area contributed by atoms with Gasteiger partial charge in [-0.25, -0.2) is 0 Å². The van der Waals surface area contributed by atoms with Crippen LogP contribution in [0.3, 0.4) is 0 Å². The average molecular weight is 233 g/mol. The van der Waals surface area contributed by atoms with E-state index in [2.05, 4.69) is 11.8 Å². The van der Waals surface area contributed by atoms with Crippen LogP contribution in [0.15, 0.2) is 34.7 Å². The molecule has 1 aromatic heterocycles. The second-order valence-corrected chi connectivity index (χ2v) is 4.46. The molecule has 0 saturated heterocycles. The van der Waals surface area contributed by atoms with Gasteiger partial charge in [0.15, 0.2) is 0 Å². The lowest BCUT2D eigenvalue weighted by atomic mass is 10.2. The molecule has 0 aliphatic heterocycles. The van der Waals surface area contributed by atoms with Crippen LogP contribution < -0.4 is 0 Å². The normalized spacial score (nSPS) is 13.4. The van der Waals surface area contributed by atoms with E-state index in [0.717, 1.165) is 23.9 Å². The molecule has 0 fully saturated rings. The quantitative estimate of drug-likeness (QED) is 0.862. The summed E-state index contributed by atoms with van der Waals surface area (Å²) in [5, 5.41) is 11.1. The Bertz CT molecular complexity index is 445. The maximum absolute atomic E-state index is 10.1. The molecular weight excluding hydrogens is 214 g/mol. The third-order valence-corrected chi connectivity index (χ3v) is 2.86. The van der Waals surface area contributed by atoms with Gasteiger partial charge in [0, 0.05) is 11.9 Å². The van der Waals surface area contributed by atoms with Crippen molar-refractivity contribution in [2.45, 2.75) is 19.4 Å². The van der Waals surface area contributed by atoms with Crippen molar-refractivity contribution in [3.63, 3.8) is 0 Å². The van der Waals surface area contributed by atoms with Crippen molar-refractivity contribution in [3.05, 3.63) is 36.1 Å². The van der Waals surface area contributed by atoms with Crippen LogP contribution in [0, 0.1) is 0 Å². The molecule has 3 heteroatoms. The lowest BCUT2D eigenvalue weighted by Gasteiger charge is -2.18. The van der Waals surface area contributed by atoms with Gasteiger partial charge in [-0.2, -0.15) is 0 Å². The fourth-order valence-corrected chi connectivity index (χ4v) is 2.02. The van der Waals surface area contributed by atoms with Gasteiger partial charge in [0.25, 0.3) is 0 Å². The Labute approximate surface area is 102 Å². The smallest absolute Gasteiger partial charge is 0.135 e. The maximum atomic E-state index is 10.1. The SMILES string of the molecule is CCCN(C)CC(O)c1cc2ccccc2o1. The number of aliphatic hydroxyl groups excluding tert-OH is 1. The fourth-order valence-electron chi connectivity index (χ4n) is 2.02. The summed E-state index contributed by atoms with van der Waals surface area (Å²) in [5.74, 6) is 0.647. The van der Waals surface area contributed by atoms with Crippen molar-refractivity contribution >= 4 is 11.0 Å². The molecule has 1 unspecified atom stereocenters. The lowest BCUT2D eigenvalue weighted by Crippen LogP contribution is -2.25. The first kappa shape index (κ1) is 12.1. The largest absolute Gasteiger partial charge is 0.458 e. The van der Waals surface area contributed by atoms with Crippen LogP contribution in [0.4, 0.5) is 0 Å². The molecule has 0 aliphatic rings. The Hall–Kier alpha value is -1.32. The second-order valence-electron chi connectivity index (χ2n) is 4.46. The average Bonchev–Trinajstić information content (AvgIpc) is 2.72. The van der Waals surface area contributed by atoms with Crippen molar-refractivity contribution < 1.29 is 9.52 Å². The first-order chi connectivity index (χ1) is 8.20. The summed E-state index contributed by atoms with van der Waals surface area (Å²) in [6.45, 7) is 3.72. The van der Waals surface area contributed by atoms with Gasteiger partial charge in [-0.15, -0.1) is 0 Å². The van der Waals surface area contributed by atoms with E-state index in [1.54, 1.807) is 0 Å². The summed E-state index contributed by atoms with van der Waals surface area (Å²) in [6.07, 6.45) is 0.530. The number of hydrogen-bond acceptors (Lipinski definition) is 3. The predicted molar refractivity (Wildman–Crippen MR) is 69.0 cm³/mol. The van der Waals surface area contributed by atoms with Crippen LogP contribution in [-0.2, 0) is 0 Å². The molecule has 3 nitrogen and oxygen atoms in total. The molecule has 1 N–H and O–H groups in total. The van der Waals surface area contributed by atoms with Crippen LogP contribution in [0.5, 0.6) is 0 Å². The minimum Gasteiger partial charge on any atom is -0.458 e. The van der Waals surface area contributed by atoms with Gasteiger partial charge in [-0.05, 0) is 32.1 Å². The molecular formula is C14H19NO2. The van der Waals surface area contributed by atoms with E-state index in [1.807, 2.05) is 37.4 Å². The number of furan rings is 1. The number of aliphatic hydroxyl groups is 1. The molecule has 1 heterocycles. The Kier molecular flexibility index (Phi) is 3.82. The molecule has 92 valence electrons. The van der Waals surface area contributed by atoms with E-state index in [4.69, 9.17) is 4.42 Å². The number of likely N-dealkylation sites (N-methyl/N-ethyl adjacent to an activating group) is 1. The van der Waals surface area contributed by atoms with Crippen molar-refractivity contribution in [2.24, 2.45) is 0 Å². The standard InChI is InChI=1S/C14H19NO2/c1-3-8-15(2)10-12(16)14-9-11-6-4-5-7-13(11)17-14/h4-7,9,12,16H,3,8,10H2,1-2H3. The number of benzene rings is 1. The predicted octanol–water partition coefficient (Wildman–Crippen LogP) is 2.81. The van der Waals surface area contributed by atoms with Crippen LogP contribution in [0.25, 0.3) is 11.0 Å². The summed E-state index contributed by atoms with van der Waals surface area (Å²) in [6, 6.07) is 9.73. The Morgan fingerprint density at radius 2 is 2.12 bits per heavy atom. The van der Waals surface area contributed by atoms with E-state index in [-0.39, 0.29) is 0 Å². The van der Waals surface area contributed by atoms with Gasteiger partial charge in [0.05, 0.1) is 0 Å². The van der Waals surface area contributed by atoms with Crippen LogP contribution in [0.2, 0.25) is 0 Å². The third-order valence-electron chi connectivity index (χ3n) is 2.86. The van der Waals surface area contributed by atoms with Crippen molar-refractivity contribution in [2.75, 3.05) is 20.1 Å². The highest BCUT2D eigenvalue weighted by Crippen LogP contribution is 2.24. The summed E-state index contributed by atoms with van der Waals surface area (Å²) in [5.41, 5.74) is 0.833. The van der Waals surface area contributed by atoms with Gasteiger partial charge in [0.1, 0.15) is 17.4 Å². The zero-order valence-electron chi connectivity index (χ0n) is 10.4. The molecule has 1 aromatic carbocycles. The molecule has 17 heavy (non-hydrogen) atoms. The molecule has 0 bridgehead atoms. The molecule has 2 rings (SSSR count). The Morgan fingerprint density at radius 3 is 2.82 bits per heavy atom. The van der Waals surface area contributed by atoms with Crippen molar-refractivity contribution in [1.82, 2.24) is 4.90 Å². The number of hydrogen-bond donors (Lipinski definition) is 1. The van der Waals surface area contributed by atoms with Crippen LogP contribution in [0.1, 0.15) is 25.2 Å². The van der Waals surface area contributed by atoms with Gasteiger partial charge < -0.3 is 14.4 Å². The lowest BCUT2D eigenvalue weighted by molar-refractivity contribution is 0.108. The molecule has 2 aromatic rings. The number of rotatable bonds is 5. The van der Waals surface area contributed by atoms with Crippen molar-refractivity contribution in [1.29, 1.82) is 0 Å². The van der Waals surface area contributed by atoms with E-state index < -0.39 is 6.10 Å². The molecule has 0 aliphatic carbocycles. The summed E-state index contributed by atoms with van der Waals surface area (Å²) >= 11 is 0.